The molecule has 0 saturated carbocycles. The summed E-state index contributed by atoms with van der Waals surface area (Å²) in [5.74, 6) is -1.65. The highest BCUT2D eigenvalue weighted by Gasteiger charge is 2.35. The predicted molar refractivity (Wildman–Crippen MR) is 56.2 cm³/mol. The van der Waals surface area contributed by atoms with Crippen LogP contribution in [0.1, 0.15) is 0 Å². The van der Waals surface area contributed by atoms with Gasteiger partial charge in [-0.05, 0) is 12.1 Å². The number of carbonyl (C=O) groups excluding carboxylic acids is 1. The Bertz CT molecular complexity index is 434. The lowest BCUT2D eigenvalue weighted by Crippen LogP contribution is -2.22. The molecule has 1 heterocycles. The van der Waals surface area contributed by atoms with Gasteiger partial charge in [0, 0.05) is 12.3 Å². The van der Waals surface area contributed by atoms with Gasteiger partial charge in [0.15, 0.2) is 0 Å². The van der Waals surface area contributed by atoms with Gasteiger partial charge < -0.3 is 5.43 Å². The van der Waals surface area contributed by atoms with E-state index in [0.29, 0.717) is 11.9 Å². The van der Waals surface area contributed by atoms with E-state index in [-0.39, 0.29) is 5.15 Å². The standard InChI is InChI=1S/C9H7ClF3N3O/c10-7-2-1-3-8(15-7)16-14-5-4-6(17)9(11,12)13/h1-5,14H,(H,15,16)/b5-4+. The molecule has 1 aromatic heterocycles. The van der Waals surface area contributed by atoms with Gasteiger partial charge in [0.2, 0.25) is 0 Å². The first-order chi connectivity index (χ1) is 7.89. The summed E-state index contributed by atoms with van der Waals surface area (Å²) >= 11 is 5.57. The molecular weight excluding hydrogens is 259 g/mol. The van der Waals surface area contributed by atoms with Crippen LogP contribution < -0.4 is 10.9 Å². The van der Waals surface area contributed by atoms with E-state index in [1.807, 2.05) is 0 Å². The molecule has 0 unspecified atom stereocenters. The van der Waals surface area contributed by atoms with Crippen LogP contribution in [-0.4, -0.2) is 16.9 Å². The minimum Gasteiger partial charge on any atom is -0.307 e. The minimum atomic E-state index is -4.87. The highest BCUT2D eigenvalue weighted by atomic mass is 35.5. The number of allylic oxidation sites excluding steroid dienone is 1. The molecule has 8 heteroatoms. The number of hydrogen-bond acceptors (Lipinski definition) is 4. The molecule has 0 spiro atoms. The molecule has 0 aliphatic heterocycles. The van der Waals surface area contributed by atoms with Crippen molar-refractivity contribution >= 4 is 23.2 Å². The van der Waals surface area contributed by atoms with Crippen molar-refractivity contribution in [3.05, 3.63) is 35.6 Å². The molecule has 1 aromatic rings. The number of nitrogens with one attached hydrogen (secondary N) is 2. The molecule has 0 aliphatic carbocycles. The fourth-order valence-electron chi connectivity index (χ4n) is 0.805. The molecule has 4 nitrogen and oxygen atoms in total. The quantitative estimate of drug-likeness (QED) is 0.498. The predicted octanol–water partition coefficient (Wildman–Crippen LogP) is 2.30. The van der Waals surface area contributed by atoms with E-state index in [1.165, 1.54) is 12.1 Å². The number of hydrogen-bond donors (Lipinski definition) is 2. The average molecular weight is 266 g/mol. The summed E-state index contributed by atoms with van der Waals surface area (Å²) in [7, 11) is 0. The lowest BCUT2D eigenvalue weighted by molar-refractivity contribution is -0.165. The van der Waals surface area contributed by atoms with Crippen LogP contribution in [0.2, 0.25) is 5.15 Å². The fraction of sp³-hybridized carbons (Fsp3) is 0.111. The van der Waals surface area contributed by atoms with E-state index in [1.54, 1.807) is 6.07 Å². The number of halogens is 4. The summed E-state index contributed by atoms with van der Waals surface area (Å²) in [5, 5.41) is 0.229. The molecule has 0 aliphatic rings. The average Bonchev–Trinajstić information content (AvgIpc) is 2.23. The van der Waals surface area contributed by atoms with Crippen molar-refractivity contribution in [1.82, 2.24) is 10.4 Å². The Morgan fingerprint density at radius 3 is 2.71 bits per heavy atom. The summed E-state index contributed by atoms with van der Waals surface area (Å²) in [6.45, 7) is 0. The summed E-state index contributed by atoms with van der Waals surface area (Å²) in [6.07, 6.45) is -3.69. The number of nitrogens with zero attached hydrogens (tertiary/aromatic N) is 1. The highest BCUT2D eigenvalue weighted by Crippen LogP contribution is 2.16. The van der Waals surface area contributed by atoms with Crippen LogP contribution >= 0.6 is 11.6 Å². The number of aromatic nitrogens is 1. The van der Waals surface area contributed by atoms with Gasteiger partial charge >= 0.3 is 6.18 Å². The van der Waals surface area contributed by atoms with Crippen molar-refractivity contribution in [3.63, 3.8) is 0 Å². The number of rotatable bonds is 4. The van der Waals surface area contributed by atoms with Crippen LogP contribution in [-0.2, 0) is 4.79 Å². The molecule has 0 atom stereocenters. The molecule has 0 bridgehead atoms. The first-order valence-electron chi connectivity index (χ1n) is 4.31. The Hall–Kier alpha value is -1.76. The van der Waals surface area contributed by atoms with Crippen LogP contribution in [0.5, 0.6) is 0 Å². The maximum absolute atomic E-state index is 11.8. The largest absolute Gasteiger partial charge is 0.454 e. The van der Waals surface area contributed by atoms with Crippen molar-refractivity contribution in [2.45, 2.75) is 6.18 Å². The number of ketones is 1. The third kappa shape index (κ3) is 4.73. The van der Waals surface area contributed by atoms with Crippen LogP contribution in [0.15, 0.2) is 30.5 Å². The first-order valence-corrected chi connectivity index (χ1v) is 4.69. The second-order valence-corrected chi connectivity index (χ2v) is 3.20. The smallest absolute Gasteiger partial charge is 0.307 e. The number of anilines is 1. The fourth-order valence-corrected chi connectivity index (χ4v) is 0.969. The zero-order valence-corrected chi connectivity index (χ0v) is 9.01. The highest BCUT2D eigenvalue weighted by molar-refractivity contribution is 6.29. The molecule has 0 radical (unpaired) electrons. The molecular formula is C9H7ClF3N3O. The lowest BCUT2D eigenvalue weighted by Gasteiger charge is -2.04. The SMILES string of the molecule is O=C(/C=C/NNc1cccc(Cl)n1)C(F)(F)F. The van der Waals surface area contributed by atoms with E-state index in [9.17, 15) is 18.0 Å². The van der Waals surface area contributed by atoms with Gasteiger partial charge in [-0.25, -0.2) is 4.98 Å². The molecule has 0 amide bonds. The van der Waals surface area contributed by atoms with Crippen molar-refractivity contribution in [2.24, 2.45) is 0 Å². The van der Waals surface area contributed by atoms with Crippen molar-refractivity contribution < 1.29 is 18.0 Å². The Kier molecular flexibility index (Phi) is 4.33. The van der Waals surface area contributed by atoms with Gasteiger partial charge in [-0.1, -0.05) is 17.7 Å². The third-order valence-corrected chi connectivity index (χ3v) is 1.72. The maximum atomic E-state index is 11.8. The zero-order valence-electron chi connectivity index (χ0n) is 8.25. The van der Waals surface area contributed by atoms with E-state index in [4.69, 9.17) is 11.6 Å². The van der Waals surface area contributed by atoms with Gasteiger partial charge in [0.25, 0.3) is 5.78 Å². The molecule has 0 fully saturated rings. The topological polar surface area (TPSA) is 54.0 Å². The maximum Gasteiger partial charge on any atom is 0.454 e. The van der Waals surface area contributed by atoms with Crippen LogP contribution in [0.3, 0.4) is 0 Å². The first kappa shape index (κ1) is 13.3. The molecule has 0 aromatic carbocycles. The number of hydrazine groups is 1. The van der Waals surface area contributed by atoms with E-state index < -0.39 is 12.0 Å². The Balaban J connectivity index is 2.43. The molecule has 1 rings (SSSR count). The zero-order chi connectivity index (χ0) is 12.9. The van der Waals surface area contributed by atoms with Gasteiger partial charge in [0.1, 0.15) is 11.0 Å². The van der Waals surface area contributed by atoms with Crippen molar-refractivity contribution in [1.29, 1.82) is 0 Å². The van der Waals surface area contributed by atoms with Gasteiger partial charge in [-0.15, -0.1) is 0 Å². The van der Waals surface area contributed by atoms with E-state index in [0.717, 1.165) is 6.20 Å². The number of pyridine rings is 1. The lowest BCUT2D eigenvalue weighted by atomic mass is 10.4. The van der Waals surface area contributed by atoms with E-state index >= 15 is 0 Å². The van der Waals surface area contributed by atoms with Crippen LogP contribution in [0.4, 0.5) is 19.0 Å². The van der Waals surface area contributed by atoms with Crippen LogP contribution in [0.25, 0.3) is 0 Å². The summed E-state index contributed by atoms with van der Waals surface area (Å²) in [5.41, 5.74) is 4.70. The van der Waals surface area contributed by atoms with Crippen molar-refractivity contribution in [2.75, 3.05) is 5.43 Å². The van der Waals surface area contributed by atoms with Gasteiger partial charge in [-0.3, -0.25) is 10.2 Å². The summed E-state index contributed by atoms with van der Waals surface area (Å²) in [4.78, 5) is 14.2. The number of alkyl halides is 3. The molecule has 17 heavy (non-hydrogen) atoms. The third-order valence-electron chi connectivity index (χ3n) is 1.51. The monoisotopic (exact) mass is 265 g/mol. The van der Waals surface area contributed by atoms with E-state index in [2.05, 4.69) is 15.8 Å². The number of carbonyl (C=O) groups is 1. The van der Waals surface area contributed by atoms with Gasteiger partial charge in [-0.2, -0.15) is 13.2 Å². The molecule has 92 valence electrons. The summed E-state index contributed by atoms with van der Waals surface area (Å²) < 4.78 is 35.3. The normalized spacial score (nSPS) is 11.5. The second kappa shape index (κ2) is 5.53. The Morgan fingerprint density at radius 1 is 1.41 bits per heavy atom. The molecule has 0 saturated heterocycles. The van der Waals surface area contributed by atoms with Crippen LogP contribution in [0, 0.1) is 0 Å². The Morgan fingerprint density at radius 2 is 2.12 bits per heavy atom. The minimum absolute atomic E-state index is 0.229. The summed E-state index contributed by atoms with van der Waals surface area (Å²) in [6, 6.07) is 4.68. The second-order valence-electron chi connectivity index (χ2n) is 2.81. The van der Waals surface area contributed by atoms with Gasteiger partial charge in [0.05, 0.1) is 0 Å². The van der Waals surface area contributed by atoms with Crippen molar-refractivity contribution in [3.8, 4) is 0 Å². The molecule has 2 N–H and O–H groups in total. The Labute approximate surface area is 99.5 Å².